The molecule has 21 heavy (non-hydrogen) atoms. The largest absolute Gasteiger partial charge is 0.465 e. The van der Waals surface area contributed by atoms with Crippen molar-refractivity contribution >= 4 is 17.6 Å². The quantitative estimate of drug-likeness (QED) is 0.758. The molecule has 0 bridgehead atoms. The van der Waals surface area contributed by atoms with E-state index < -0.39 is 5.97 Å². The first-order valence-corrected chi connectivity index (χ1v) is 6.19. The summed E-state index contributed by atoms with van der Waals surface area (Å²) in [6.45, 7) is 0.276. The highest BCUT2D eigenvalue weighted by atomic mass is 16.5. The fraction of sp³-hybridized carbons (Fsp3) is 0.231. The van der Waals surface area contributed by atoms with Crippen molar-refractivity contribution in [3.8, 4) is 0 Å². The Labute approximate surface area is 120 Å². The predicted molar refractivity (Wildman–Crippen MR) is 74.3 cm³/mol. The van der Waals surface area contributed by atoms with Gasteiger partial charge in [0.05, 0.1) is 24.6 Å². The first kappa shape index (κ1) is 14.7. The van der Waals surface area contributed by atoms with Crippen molar-refractivity contribution in [3.05, 3.63) is 41.7 Å². The molecule has 1 aromatic heterocycles. The molecular weight excluding hydrogens is 274 g/mol. The van der Waals surface area contributed by atoms with Crippen molar-refractivity contribution in [2.75, 3.05) is 12.4 Å². The van der Waals surface area contributed by atoms with Crippen LogP contribution >= 0.6 is 0 Å². The number of nitrogens with zero attached hydrogens (tertiary/aromatic N) is 3. The fourth-order valence-corrected chi connectivity index (χ4v) is 1.70. The topological polar surface area (TPSA) is 112 Å². The summed E-state index contributed by atoms with van der Waals surface area (Å²) in [6, 6.07) is 6.48. The van der Waals surface area contributed by atoms with Crippen LogP contribution in [0.25, 0.3) is 0 Å². The molecule has 8 nitrogen and oxygen atoms in total. The van der Waals surface area contributed by atoms with Gasteiger partial charge in [-0.15, -0.1) is 5.10 Å². The molecule has 0 radical (unpaired) electrons. The van der Waals surface area contributed by atoms with E-state index in [4.69, 9.17) is 5.73 Å². The van der Waals surface area contributed by atoms with Gasteiger partial charge in [-0.1, -0.05) is 11.3 Å². The van der Waals surface area contributed by atoms with Crippen molar-refractivity contribution in [1.82, 2.24) is 15.0 Å². The van der Waals surface area contributed by atoms with E-state index in [-0.39, 0.29) is 19.0 Å². The number of carbonyl (C=O) groups excluding carboxylic acids is 2. The average Bonchev–Trinajstić information content (AvgIpc) is 2.94. The second-order valence-electron chi connectivity index (χ2n) is 4.23. The van der Waals surface area contributed by atoms with Gasteiger partial charge in [0.1, 0.15) is 6.54 Å². The lowest BCUT2D eigenvalue weighted by Gasteiger charge is -2.06. The Morgan fingerprint density at radius 3 is 2.90 bits per heavy atom. The number of benzene rings is 1. The van der Waals surface area contributed by atoms with E-state index in [1.165, 1.54) is 17.9 Å². The molecule has 8 heteroatoms. The zero-order valence-corrected chi connectivity index (χ0v) is 11.4. The van der Waals surface area contributed by atoms with Crippen LogP contribution in [0.3, 0.4) is 0 Å². The predicted octanol–water partition coefficient (Wildman–Crippen LogP) is 0.162. The van der Waals surface area contributed by atoms with Gasteiger partial charge in [0.2, 0.25) is 5.91 Å². The molecule has 0 aliphatic heterocycles. The second kappa shape index (κ2) is 6.62. The summed E-state index contributed by atoms with van der Waals surface area (Å²) in [4.78, 5) is 23.3. The number of nitrogens with two attached hydrogens (primary N) is 1. The number of anilines is 1. The molecule has 0 fully saturated rings. The van der Waals surface area contributed by atoms with Crippen LogP contribution in [0, 0.1) is 0 Å². The minimum Gasteiger partial charge on any atom is -0.465 e. The summed E-state index contributed by atoms with van der Waals surface area (Å²) in [5.74, 6) is -0.750. The number of hydrogen-bond donors (Lipinski definition) is 2. The minimum atomic E-state index is -0.463. The van der Waals surface area contributed by atoms with Crippen molar-refractivity contribution in [2.45, 2.75) is 13.1 Å². The number of esters is 1. The molecule has 0 unspecified atom stereocenters. The number of carbonyl (C=O) groups is 2. The number of hydrogen-bond acceptors (Lipinski definition) is 6. The van der Waals surface area contributed by atoms with Crippen LogP contribution in [0.5, 0.6) is 0 Å². The third-order valence-electron chi connectivity index (χ3n) is 2.67. The Kier molecular flexibility index (Phi) is 4.62. The zero-order valence-electron chi connectivity index (χ0n) is 11.4. The van der Waals surface area contributed by atoms with Gasteiger partial charge in [0.15, 0.2) is 0 Å². The Balaban J connectivity index is 2.00. The third kappa shape index (κ3) is 3.86. The third-order valence-corrected chi connectivity index (χ3v) is 2.67. The summed E-state index contributed by atoms with van der Waals surface area (Å²) >= 11 is 0. The van der Waals surface area contributed by atoms with Crippen LogP contribution in [-0.4, -0.2) is 34.0 Å². The second-order valence-corrected chi connectivity index (χ2v) is 4.23. The Bertz CT molecular complexity index is 653. The number of amides is 1. The van der Waals surface area contributed by atoms with Gasteiger partial charge in [0.25, 0.3) is 0 Å². The normalized spacial score (nSPS) is 10.2. The van der Waals surface area contributed by atoms with Gasteiger partial charge in [-0.2, -0.15) is 0 Å². The molecule has 0 atom stereocenters. The van der Waals surface area contributed by atoms with Gasteiger partial charge in [0, 0.05) is 12.2 Å². The van der Waals surface area contributed by atoms with Gasteiger partial charge in [-0.25, -0.2) is 9.48 Å². The lowest BCUT2D eigenvalue weighted by molar-refractivity contribution is -0.116. The standard InChI is InChI=1S/C13H15N5O3/c1-21-13(20)9-3-2-4-10(5-9)15-12(19)8-18-7-11(6-14)16-17-18/h2-5,7H,6,8,14H2,1H3,(H,15,19). The molecule has 1 aromatic carbocycles. The molecule has 1 amide bonds. The van der Waals surface area contributed by atoms with E-state index in [9.17, 15) is 9.59 Å². The first-order chi connectivity index (χ1) is 10.1. The molecule has 2 rings (SSSR count). The average molecular weight is 289 g/mol. The van der Waals surface area contributed by atoms with E-state index in [2.05, 4.69) is 20.4 Å². The molecule has 110 valence electrons. The highest BCUT2D eigenvalue weighted by molar-refractivity contribution is 5.94. The fourth-order valence-electron chi connectivity index (χ4n) is 1.70. The van der Waals surface area contributed by atoms with E-state index >= 15 is 0 Å². The van der Waals surface area contributed by atoms with Crippen molar-refractivity contribution in [3.63, 3.8) is 0 Å². The first-order valence-electron chi connectivity index (χ1n) is 6.19. The smallest absolute Gasteiger partial charge is 0.337 e. The Morgan fingerprint density at radius 1 is 1.43 bits per heavy atom. The van der Waals surface area contributed by atoms with Gasteiger partial charge >= 0.3 is 5.97 Å². The minimum absolute atomic E-state index is 0.00938. The number of ether oxygens (including phenoxy) is 1. The van der Waals surface area contributed by atoms with Crippen molar-refractivity contribution in [1.29, 1.82) is 0 Å². The van der Waals surface area contributed by atoms with Crippen LogP contribution in [0.15, 0.2) is 30.5 Å². The molecule has 0 saturated carbocycles. The molecule has 0 saturated heterocycles. The van der Waals surface area contributed by atoms with Crippen LogP contribution in [-0.2, 0) is 22.6 Å². The SMILES string of the molecule is COC(=O)c1cccc(NC(=O)Cn2cc(CN)nn2)c1. The molecule has 1 heterocycles. The van der Waals surface area contributed by atoms with Gasteiger partial charge < -0.3 is 15.8 Å². The van der Waals surface area contributed by atoms with E-state index in [1.807, 2.05) is 0 Å². The lowest BCUT2D eigenvalue weighted by atomic mass is 10.2. The van der Waals surface area contributed by atoms with Gasteiger partial charge in [-0.3, -0.25) is 4.79 Å². The Hall–Kier alpha value is -2.74. The monoisotopic (exact) mass is 289 g/mol. The maximum atomic E-state index is 11.9. The van der Waals surface area contributed by atoms with Gasteiger partial charge in [-0.05, 0) is 18.2 Å². The number of aromatic nitrogens is 3. The molecule has 2 aromatic rings. The maximum Gasteiger partial charge on any atom is 0.337 e. The summed E-state index contributed by atoms with van der Waals surface area (Å²) < 4.78 is 6.01. The van der Waals surface area contributed by atoms with Crippen molar-refractivity contribution in [2.24, 2.45) is 5.73 Å². The molecule has 0 aliphatic rings. The van der Waals surface area contributed by atoms with Crippen LogP contribution in [0.1, 0.15) is 16.1 Å². The highest BCUT2D eigenvalue weighted by Crippen LogP contribution is 2.11. The van der Waals surface area contributed by atoms with Crippen LogP contribution < -0.4 is 11.1 Å². The molecule has 0 spiro atoms. The number of rotatable bonds is 5. The zero-order chi connectivity index (χ0) is 15.2. The summed E-state index contributed by atoms with van der Waals surface area (Å²) in [7, 11) is 1.30. The highest BCUT2D eigenvalue weighted by Gasteiger charge is 2.09. The maximum absolute atomic E-state index is 11.9. The summed E-state index contributed by atoms with van der Waals surface area (Å²) in [5, 5.41) is 10.2. The van der Waals surface area contributed by atoms with E-state index in [1.54, 1.807) is 24.4 Å². The van der Waals surface area contributed by atoms with Crippen LogP contribution in [0.2, 0.25) is 0 Å². The molecular formula is C13H15N5O3. The van der Waals surface area contributed by atoms with E-state index in [0.29, 0.717) is 16.9 Å². The van der Waals surface area contributed by atoms with Crippen LogP contribution in [0.4, 0.5) is 5.69 Å². The van der Waals surface area contributed by atoms with Crippen molar-refractivity contribution < 1.29 is 14.3 Å². The number of nitrogens with one attached hydrogen (secondary N) is 1. The van der Waals surface area contributed by atoms with E-state index in [0.717, 1.165) is 0 Å². The summed E-state index contributed by atoms with van der Waals surface area (Å²) in [6.07, 6.45) is 1.60. The molecule has 0 aliphatic carbocycles. The lowest BCUT2D eigenvalue weighted by Crippen LogP contribution is -2.19. The molecule has 3 N–H and O–H groups in total. The summed E-state index contributed by atoms with van der Waals surface area (Å²) in [5.41, 5.74) is 6.89. The number of methoxy groups -OCH3 is 1. The Morgan fingerprint density at radius 2 is 2.24 bits per heavy atom.